The summed E-state index contributed by atoms with van der Waals surface area (Å²) in [6.45, 7) is 2.67. The molecule has 1 saturated carbocycles. The smallest absolute Gasteiger partial charge is 0.270 e. The highest BCUT2D eigenvalue weighted by Gasteiger charge is 2.18. The molecule has 186 valence electrons. The average Bonchev–Trinajstić information content (AvgIpc) is 3.27. The maximum atomic E-state index is 12.5. The zero-order chi connectivity index (χ0) is 24.6. The molecule has 1 aromatic carbocycles. The fraction of sp³-hybridized carbons (Fsp3) is 0.423. The summed E-state index contributed by atoms with van der Waals surface area (Å²) >= 11 is 0. The second-order valence-electron chi connectivity index (χ2n) is 8.89. The summed E-state index contributed by atoms with van der Waals surface area (Å²) in [5, 5.41) is 16.6. The molecule has 0 spiro atoms. The van der Waals surface area contributed by atoms with E-state index in [0.717, 1.165) is 35.3 Å². The molecule has 9 heteroatoms. The molecule has 1 aliphatic rings. The lowest BCUT2D eigenvalue weighted by Crippen LogP contribution is -2.33. The number of amides is 1. The molecule has 3 aromatic rings. The molecule has 0 saturated heterocycles. The predicted octanol–water partition coefficient (Wildman–Crippen LogP) is 3.10. The quantitative estimate of drug-likeness (QED) is 0.311. The summed E-state index contributed by atoms with van der Waals surface area (Å²) in [5.41, 5.74) is 9.97. The topological polar surface area (TPSA) is 136 Å². The van der Waals surface area contributed by atoms with Crippen molar-refractivity contribution in [2.24, 2.45) is 5.73 Å². The summed E-state index contributed by atoms with van der Waals surface area (Å²) in [6, 6.07) is 9.84. The Morgan fingerprint density at radius 1 is 1.26 bits per heavy atom. The van der Waals surface area contributed by atoms with Crippen molar-refractivity contribution in [3.8, 4) is 5.75 Å². The number of nitrogens with two attached hydrogens (primary N) is 1. The number of hydrogen-bond acceptors (Lipinski definition) is 8. The van der Waals surface area contributed by atoms with E-state index in [1.807, 2.05) is 31.2 Å². The van der Waals surface area contributed by atoms with Gasteiger partial charge < -0.3 is 30.6 Å². The second-order valence-corrected chi connectivity index (χ2v) is 8.89. The number of pyridine rings is 1. The van der Waals surface area contributed by atoms with Crippen LogP contribution in [-0.4, -0.2) is 39.7 Å². The highest BCUT2D eigenvalue weighted by molar-refractivity contribution is 5.93. The maximum absolute atomic E-state index is 12.5. The number of benzene rings is 1. The van der Waals surface area contributed by atoms with Gasteiger partial charge >= 0.3 is 0 Å². The predicted molar refractivity (Wildman–Crippen MR) is 132 cm³/mol. The Morgan fingerprint density at radius 2 is 2.11 bits per heavy atom. The van der Waals surface area contributed by atoms with Gasteiger partial charge in [-0.05, 0) is 74.4 Å². The highest BCUT2D eigenvalue weighted by Crippen LogP contribution is 2.23. The third-order valence-corrected chi connectivity index (χ3v) is 6.33. The van der Waals surface area contributed by atoms with Crippen LogP contribution in [0.3, 0.4) is 0 Å². The van der Waals surface area contributed by atoms with E-state index in [2.05, 4.69) is 20.6 Å². The van der Waals surface area contributed by atoms with Crippen molar-refractivity contribution in [3.05, 3.63) is 71.2 Å². The number of aromatic nitrogens is 2. The molecule has 4 rings (SSSR count). The Balaban J connectivity index is 1.24. The lowest BCUT2D eigenvalue weighted by molar-refractivity contribution is 0.0906. The SMILES string of the molecule is Cc1ncoc1COc1ccc(CCC(O)CNC(=O)c2cc(NC3CCC3)ccn2)c(CN)c1. The second kappa shape index (κ2) is 11.8. The van der Waals surface area contributed by atoms with Gasteiger partial charge in [0.15, 0.2) is 12.2 Å². The van der Waals surface area contributed by atoms with Gasteiger partial charge in [0.25, 0.3) is 5.91 Å². The number of oxazole rings is 1. The van der Waals surface area contributed by atoms with Crippen molar-refractivity contribution >= 4 is 11.6 Å². The molecule has 5 N–H and O–H groups in total. The highest BCUT2D eigenvalue weighted by atomic mass is 16.5. The molecule has 1 amide bonds. The third-order valence-electron chi connectivity index (χ3n) is 6.33. The van der Waals surface area contributed by atoms with E-state index in [4.69, 9.17) is 14.9 Å². The number of carbonyl (C=O) groups excluding carboxylic acids is 1. The van der Waals surface area contributed by atoms with Crippen LogP contribution in [0.5, 0.6) is 5.75 Å². The molecule has 1 aliphatic carbocycles. The minimum Gasteiger partial charge on any atom is -0.486 e. The molecule has 2 heterocycles. The molecular weight excluding hydrogens is 446 g/mol. The molecular formula is C26H33N5O4. The average molecular weight is 480 g/mol. The number of aliphatic hydroxyl groups is 1. The largest absolute Gasteiger partial charge is 0.486 e. The van der Waals surface area contributed by atoms with Crippen molar-refractivity contribution in [1.29, 1.82) is 0 Å². The first-order chi connectivity index (χ1) is 17.0. The summed E-state index contributed by atoms with van der Waals surface area (Å²) in [7, 11) is 0. The van der Waals surface area contributed by atoms with Gasteiger partial charge in [-0.2, -0.15) is 0 Å². The Kier molecular flexibility index (Phi) is 8.33. The molecule has 35 heavy (non-hydrogen) atoms. The van der Waals surface area contributed by atoms with Crippen LogP contribution in [0.1, 0.15) is 58.8 Å². The van der Waals surface area contributed by atoms with E-state index in [1.54, 1.807) is 12.3 Å². The summed E-state index contributed by atoms with van der Waals surface area (Å²) < 4.78 is 11.1. The third kappa shape index (κ3) is 6.80. The number of anilines is 1. The van der Waals surface area contributed by atoms with E-state index in [1.165, 1.54) is 12.8 Å². The Hall–Kier alpha value is -3.43. The molecule has 1 atom stereocenters. The van der Waals surface area contributed by atoms with E-state index in [9.17, 15) is 9.90 Å². The van der Waals surface area contributed by atoms with Crippen LogP contribution in [0, 0.1) is 6.92 Å². The monoisotopic (exact) mass is 479 g/mol. The van der Waals surface area contributed by atoms with Crippen LogP contribution in [0.15, 0.2) is 47.3 Å². The van der Waals surface area contributed by atoms with Crippen molar-refractivity contribution in [3.63, 3.8) is 0 Å². The Labute approximate surface area is 205 Å². The van der Waals surface area contributed by atoms with Gasteiger partial charge in [0, 0.05) is 31.0 Å². The van der Waals surface area contributed by atoms with Crippen LogP contribution < -0.4 is 21.1 Å². The first kappa shape index (κ1) is 24.7. The summed E-state index contributed by atoms with van der Waals surface area (Å²) in [5.74, 6) is 1.08. The fourth-order valence-electron chi connectivity index (χ4n) is 3.90. The Bertz CT molecular complexity index is 1130. The zero-order valence-electron chi connectivity index (χ0n) is 20.0. The number of hydrogen-bond donors (Lipinski definition) is 4. The van der Waals surface area contributed by atoms with Crippen molar-refractivity contribution in [1.82, 2.24) is 15.3 Å². The van der Waals surface area contributed by atoms with E-state index < -0.39 is 6.10 Å². The van der Waals surface area contributed by atoms with E-state index >= 15 is 0 Å². The van der Waals surface area contributed by atoms with Crippen molar-refractivity contribution in [2.45, 2.75) is 64.3 Å². The van der Waals surface area contributed by atoms with E-state index in [0.29, 0.717) is 49.2 Å². The first-order valence-corrected chi connectivity index (χ1v) is 12.0. The number of nitrogens with one attached hydrogen (secondary N) is 2. The van der Waals surface area contributed by atoms with Crippen LogP contribution in [0.25, 0.3) is 0 Å². The molecule has 2 aromatic heterocycles. The molecule has 0 aliphatic heterocycles. The van der Waals surface area contributed by atoms with E-state index in [-0.39, 0.29) is 12.5 Å². The number of rotatable bonds is 12. The van der Waals surface area contributed by atoms with Crippen molar-refractivity contribution in [2.75, 3.05) is 11.9 Å². The zero-order valence-corrected chi connectivity index (χ0v) is 20.0. The van der Waals surface area contributed by atoms with Gasteiger partial charge in [-0.1, -0.05) is 6.07 Å². The normalized spacial score (nSPS) is 14.3. The van der Waals surface area contributed by atoms with Crippen molar-refractivity contribution < 1.29 is 19.1 Å². The molecule has 0 bridgehead atoms. The van der Waals surface area contributed by atoms with Crippen LogP contribution in [0.2, 0.25) is 0 Å². The number of ether oxygens (including phenoxy) is 1. The summed E-state index contributed by atoms with van der Waals surface area (Å²) in [6.07, 6.45) is 7.00. The standard InChI is InChI=1S/C26H33N5O4/c1-17-25(35-16-30-17)15-34-23-8-6-18(19(11-23)13-27)5-7-22(32)14-29-26(33)24-12-21(9-10-28-24)31-20-3-2-4-20/h6,8-12,16,20,22,32H,2-5,7,13-15,27H2,1H3,(H,28,31)(H,29,33). The molecule has 0 radical (unpaired) electrons. The molecule has 9 nitrogen and oxygen atoms in total. The summed E-state index contributed by atoms with van der Waals surface area (Å²) in [4.78, 5) is 20.7. The van der Waals surface area contributed by atoms with Gasteiger partial charge in [-0.15, -0.1) is 0 Å². The van der Waals surface area contributed by atoms with Gasteiger partial charge in [0.1, 0.15) is 18.1 Å². The van der Waals surface area contributed by atoms with Gasteiger partial charge in [-0.3, -0.25) is 9.78 Å². The minimum atomic E-state index is -0.689. The van der Waals surface area contributed by atoms with Crippen LogP contribution in [0.4, 0.5) is 5.69 Å². The van der Waals surface area contributed by atoms with Gasteiger partial charge in [-0.25, -0.2) is 4.98 Å². The fourth-order valence-corrected chi connectivity index (χ4v) is 3.90. The molecule has 1 unspecified atom stereocenters. The number of aryl methyl sites for hydroxylation is 2. The van der Waals surface area contributed by atoms with Gasteiger partial charge in [0.05, 0.1) is 11.8 Å². The maximum Gasteiger partial charge on any atom is 0.270 e. The Morgan fingerprint density at radius 3 is 2.83 bits per heavy atom. The lowest BCUT2D eigenvalue weighted by Gasteiger charge is -2.27. The number of aliphatic hydroxyl groups excluding tert-OH is 1. The number of nitrogens with zero attached hydrogens (tertiary/aromatic N) is 2. The molecule has 1 fully saturated rings. The van der Waals surface area contributed by atoms with Crippen LogP contribution >= 0.6 is 0 Å². The van der Waals surface area contributed by atoms with Gasteiger partial charge in [0.2, 0.25) is 0 Å². The minimum absolute atomic E-state index is 0.149. The lowest BCUT2D eigenvalue weighted by atomic mass is 9.93. The number of carbonyl (C=O) groups is 1. The van der Waals surface area contributed by atoms with Crippen LogP contribution in [-0.2, 0) is 19.6 Å². The first-order valence-electron chi connectivity index (χ1n) is 12.0.